The van der Waals surface area contributed by atoms with Crippen molar-refractivity contribution in [3.63, 3.8) is 0 Å². The highest BCUT2D eigenvalue weighted by Gasteiger charge is 2.30. The van der Waals surface area contributed by atoms with Gasteiger partial charge in [-0.25, -0.2) is 0 Å². The van der Waals surface area contributed by atoms with Gasteiger partial charge in [0.25, 0.3) is 0 Å². The minimum atomic E-state index is -1.06. The average molecular weight is 638 g/mol. The Bertz CT molecular complexity index is 1270. The fourth-order valence-corrected chi connectivity index (χ4v) is 4.68. The number of nitrogens with zero attached hydrogens (tertiary/aromatic N) is 1. The molecule has 0 aliphatic carbocycles. The van der Waals surface area contributed by atoms with Crippen molar-refractivity contribution in [2.75, 3.05) is 19.6 Å². The highest BCUT2D eigenvalue weighted by Crippen LogP contribution is 2.09. The number of carbonyl (C=O) groups is 5. The van der Waals surface area contributed by atoms with Crippen LogP contribution in [-0.2, 0) is 36.8 Å². The fourth-order valence-electron chi connectivity index (χ4n) is 4.68. The van der Waals surface area contributed by atoms with Gasteiger partial charge in [0.1, 0.15) is 24.4 Å². The van der Waals surface area contributed by atoms with Gasteiger partial charge in [0.2, 0.25) is 23.6 Å². The van der Waals surface area contributed by atoms with Gasteiger partial charge in [-0.05, 0) is 56.2 Å². The largest absolute Gasteiger partial charge is 0.370 e. The Morgan fingerprint density at radius 1 is 0.674 bits per heavy atom. The van der Waals surface area contributed by atoms with E-state index < -0.39 is 47.8 Å². The van der Waals surface area contributed by atoms with Crippen LogP contribution in [0, 0.1) is 0 Å². The molecule has 2 rings (SSSR count). The molecule has 250 valence electrons. The number of nitrogens with two attached hydrogens (primary N) is 4. The Morgan fingerprint density at radius 3 is 1.74 bits per heavy atom. The van der Waals surface area contributed by atoms with Crippen LogP contribution in [0.2, 0.25) is 0 Å². The van der Waals surface area contributed by atoms with Crippen LogP contribution in [0.4, 0.5) is 0 Å². The normalized spacial score (nSPS) is 13.3. The summed E-state index contributed by atoms with van der Waals surface area (Å²) in [5.74, 6) is -2.41. The van der Waals surface area contributed by atoms with Crippen LogP contribution < -0.4 is 44.2 Å². The lowest BCUT2D eigenvalue weighted by Gasteiger charge is -2.26. The first-order valence-electron chi connectivity index (χ1n) is 15.4. The zero-order valence-corrected chi connectivity index (χ0v) is 26.0. The summed E-state index contributed by atoms with van der Waals surface area (Å²) in [5.41, 5.74) is 23.5. The number of nitrogens with one attached hydrogen (secondary N) is 4. The van der Waals surface area contributed by atoms with Crippen molar-refractivity contribution in [3.8, 4) is 0 Å². The number of hydrogen-bond donors (Lipinski definition) is 8. The predicted octanol–water partition coefficient (Wildman–Crippen LogP) is -1.25. The van der Waals surface area contributed by atoms with E-state index in [1.54, 1.807) is 0 Å². The van der Waals surface area contributed by atoms with Gasteiger partial charge in [0, 0.05) is 13.0 Å². The summed E-state index contributed by atoms with van der Waals surface area (Å²) < 4.78 is 0. The number of unbranched alkanes of at least 4 members (excludes halogenated alkanes) is 1. The molecular weight excluding hydrogens is 590 g/mol. The topological polar surface area (TPSA) is 250 Å². The molecule has 0 spiro atoms. The lowest BCUT2D eigenvalue weighted by Crippen LogP contribution is -2.58. The first kappa shape index (κ1) is 37.4. The van der Waals surface area contributed by atoms with Gasteiger partial charge in [-0.3, -0.25) is 24.2 Å². The molecule has 0 aliphatic rings. The Morgan fingerprint density at radius 2 is 1.20 bits per heavy atom. The van der Waals surface area contributed by atoms with E-state index in [2.05, 4.69) is 26.3 Å². The Balaban J connectivity index is 2.25. The maximum atomic E-state index is 13.7. The SMILES string of the molecule is NCCCC[C@H](NC(=O)[C@H](CCCN=C(N)N)NC(=O)CN)C(=O)N[C@@H](Cc1ccccc1)C(=O)N[C@H](C=O)Cc1ccccc1. The minimum absolute atomic E-state index is 0.0998. The second kappa shape index (κ2) is 21.0. The van der Waals surface area contributed by atoms with Crippen LogP contribution in [-0.4, -0.2) is 79.7 Å². The maximum Gasteiger partial charge on any atom is 0.243 e. The molecule has 0 radical (unpaired) electrons. The lowest BCUT2D eigenvalue weighted by molar-refractivity contribution is -0.134. The highest BCUT2D eigenvalue weighted by molar-refractivity contribution is 5.95. The summed E-state index contributed by atoms with van der Waals surface area (Å²) in [4.78, 5) is 68.5. The third-order valence-electron chi connectivity index (χ3n) is 7.07. The second-order valence-corrected chi connectivity index (χ2v) is 10.8. The van der Waals surface area contributed by atoms with Gasteiger partial charge in [0.15, 0.2) is 5.96 Å². The molecule has 4 amide bonds. The molecule has 0 aliphatic heterocycles. The molecule has 2 aromatic carbocycles. The molecule has 0 heterocycles. The average Bonchev–Trinajstić information content (AvgIpc) is 3.05. The van der Waals surface area contributed by atoms with Crippen molar-refractivity contribution in [2.45, 2.75) is 69.1 Å². The van der Waals surface area contributed by atoms with Crippen molar-refractivity contribution < 1.29 is 24.0 Å². The second-order valence-electron chi connectivity index (χ2n) is 10.8. The van der Waals surface area contributed by atoms with Crippen molar-refractivity contribution in [2.24, 2.45) is 27.9 Å². The first-order chi connectivity index (χ1) is 22.2. The lowest BCUT2D eigenvalue weighted by atomic mass is 10.0. The van der Waals surface area contributed by atoms with Crippen molar-refractivity contribution in [1.82, 2.24) is 21.3 Å². The maximum absolute atomic E-state index is 13.7. The molecule has 0 fully saturated rings. The van der Waals surface area contributed by atoms with Crippen LogP contribution >= 0.6 is 0 Å². The zero-order chi connectivity index (χ0) is 33.7. The van der Waals surface area contributed by atoms with E-state index in [4.69, 9.17) is 22.9 Å². The van der Waals surface area contributed by atoms with Gasteiger partial charge >= 0.3 is 0 Å². The molecule has 12 N–H and O–H groups in total. The van der Waals surface area contributed by atoms with Crippen LogP contribution in [0.15, 0.2) is 65.7 Å². The Hall–Kier alpha value is -4.82. The van der Waals surface area contributed by atoms with Gasteiger partial charge < -0.3 is 49.0 Å². The minimum Gasteiger partial charge on any atom is -0.370 e. The molecule has 46 heavy (non-hydrogen) atoms. The van der Waals surface area contributed by atoms with Crippen molar-refractivity contribution in [1.29, 1.82) is 0 Å². The van der Waals surface area contributed by atoms with Gasteiger partial charge in [-0.15, -0.1) is 0 Å². The van der Waals surface area contributed by atoms with E-state index in [1.807, 2.05) is 60.7 Å². The fraction of sp³-hybridized carbons (Fsp3) is 0.438. The molecule has 0 bridgehead atoms. The number of carbonyl (C=O) groups excluding carboxylic acids is 5. The van der Waals surface area contributed by atoms with E-state index in [9.17, 15) is 24.0 Å². The molecule has 0 saturated heterocycles. The molecule has 0 unspecified atom stereocenters. The van der Waals surface area contributed by atoms with E-state index in [0.29, 0.717) is 32.1 Å². The van der Waals surface area contributed by atoms with Gasteiger partial charge in [0.05, 0.1) is 12.6 Å². The number of amides is 4. The van der Waals surface area contributed by atoms with Crippen LogP contribution in [0.5, 0.6) is 0 Å². The monoisotopic (exact) mass is 637 g/mol. The summed E-state index contributed by atoms with van der Waals surface area (Å²) in [7, 11) is 0. The van der Waals surface area contributed by atoms with Crippen LogP contribution in [0.25, 0.3) is 0 Å². The Labute approximate surface area is 269 Å². The first-order valence-corrected chi connectivity index (χ1v) is 15.4. The van der Waals surface area contributed by atoms with Gasteiger partial charge in [-0.2, -0.15) is 0 Å². The van der Waals surface area contributed by atoms with Gasteiger partial charge in [-0.1, -0.05) is 60.7 Å². The molecule has 14 nitrogen and oxygen atoms in total. The number of benzene rings is 2. The van der Waals surface area contributed by atoms with Crippen LogP contribution in [0.1, 0.15) is 43.2 Å². The molecule has 2 aromatic rings. The van der Waals surface area contributed by atoms with E-state index in [1.165, 1.54) is 0 Å². The third kappa shape index (κ3) is 14.3. The van der Waals surface area contributed by atoms with Crippen LogP contribution in [0.3, 0.4) is 0 Å². The van der Waals surface area contributed by atoms with E-state index in [0.717, 1.165) is 11.1 Å². The summed E-state index contributed by atoms with van der Waals surface area (Å²) in [5, 5.41) is 10.8. The highest BCUT2D eigenvalue weighted by atomic mass is 16.2. The molecule has 14 heteroatoms. The number of guanidine groups is 1. The third-order valence-corrected chi connectivity index (χ3v) is 7.07. The molecule has 0 saturated carbocycles. The smallest absolute Gasteiger partial charge is 0.243 e. The molecule has 0 aromatic heterocycles. The quantitative estimate of drug-likeness (QED) is 0.0352. The predicted molar refractivity (Wildman–Crippen MR) is 176 cm³/mol. The number of aliphatic imine (C=N–C) groups is 1. The summed E-state index contributed by atoms with van der Waals surface area (Å²) in [6.07, 6.45) is 2.96. The van der Waals surface area contributed by atoms with E-state index in [-0.39, 0.29) is 44.7 Å². The van der Waals surface area contributed by atoms with Crippen molar-refractivity contribution >= 4 is 35.9 Å². The summed E-state index contributed by atoms with van der Waals surface area (Å²) in [6.45, 7) is 0.281. The summed E-state index contributed by atoms with van der Waals surface area (Å²) in [6, 6.07) is 14.4. The molecular formula is C32H47N9O5. The number of aldehydes is 1. The zero-order valence-electron chi connectivity index (χ0n) is 26.0. The summed E-state index contributed by atoms with van der Waals surface area (Å²) >= 11 is 0. The molecule has 4 atom stereocenters. The number of hydrogen-bond acceptors (Lipinski definition) is 8. The Kier molecular flexibility index (Phi) is 17.1. The number of rotatable bonds is 21. The van der Waals surface area contributed by atoms with E-state index >= 15 is 0 Å². The standard InChI is InChI=1S/C32H47N9O5/c33-16-8-7-14-26(40-29(44)25(39-28(43)20-34)15-9-17-37-32(35)36)30(45)41-27(19-23-12-5-2-6-13-23)31(46)38-24(21-42)18-22-10-3-1-4-11-22/h1-6,10-13,21,24-27H,7-9,14-20,33-34H2,(H,38,46)(H,39,43)(H,40,44)(H,41,45)(H4,35,36,37)/t24-,25-,26-,27-/m0/s1. The van der Waals surface area contributed by atoms with Crippen molar-refractivity contribution in [3.05, 3.63) is 71.8 Å².